The van der Waals surface area contributed by atoms with E-state index in [9.17, 15) is 0 Å². The van der Waals surface area contributed by atoms with Crippen LogP contribution in [0.1, 0.15) is 32.5 Å². The van der Waals surface area contributed by atoms with Gasteiger partial charge in [-0.25, -0.2) is 9.97 Å². The van der Waals surface area contributed by atoms with E-state index in [2.05, 4.69) is 34.0 Å². The van der Waals surface area contributed by atoms with Crippen molar-refractivity contribution in [1.82, 2.24) is 20.2 Å². The number of nitrogens with one attached hydrogen (secondary N) is 1. The molecule has 1 N–H and O–H groups in total. The molecule has 4 heteroatoms. The molecular weight excluding hydrogens is 224 g/mol. The fourth-order valence-corrected chi connectivity index (χ4v) is 2.36. The summed E-state index contributed by atoms with van der Waals surface area (Å²) in [6.45, 7) is 8.81. The van der Waals surface area contributed by atoms with Gasteiger partial charge in [0, 0.05) is 18.4 Å². The molecule has 0 spiro atoms. The summed E-state index contributed by atoms with van der Waals surface area (Å²) in [6.07, 6.45) is 6.21. The largest absolute Gasteiger partial charge is 0.314 e. The maximum absolute atomic E-state index is 4.29. The van der Waals surface area contributed by atoms with E-state index < -0.39 is 0 Å². The van der Waals surface area contributed by atoms with E-state index in [1.165, 1.54) is 25.9 Å². The van der Waals surface area contributed by atoms with Crippen molar-refractivity contribution in [2.75, 3.05) is 19.6 Å². The van der Waals surface area contributed by atoms with Crippen molar-refractivity contribution in [2.24, 2.45) is 5.92 Å². The molecule has 0 bridgehead atoms. The Morgan fingerprint density at radius 1 is 1.28 bits per heavy atom. The lowest BCUT2D eigenvalue weighted by Crippen LogP contribution is -2.38. The van der Waals surface area contributed by atoms with Crippen LogP contribution in [0.15, 0.2) is 18.5 Å². The molecule has 1 aliphatic rings. The third-order valence-electron chi connectivity index (χ3n) is 3.51. The number of nitrogens with zero attached hydrogens (tertiary/aromatic N) is 3. The van der Waals surface area contributed by atoms with Gasteiger partial charge >= 0.3 is 0 Å². The van der Waals surface area contributed by atoms with E-state index in [1.807, 2.05) is 18.5 Å². The lowest BCUT2D eigenvalue weighted by atomic mass is 9.96. The highest BCUT2D eigenvalue weighted by atomic mass is 15.1. The minimum atomic E-state index is 0.598. The molecule has 1 fully saturated rings. The maximum atomic E-state index is 4.29. The molecule has 2 heterocycles. The Bertz CT molecular complexity index is 331. The van der Waals surface area contributed by atoms with Gasteiger partial charge in [-0.3, -0.25) is 4.90 Å². The highest BCUT2D eigenvalue weighted by Crippen LogP contribution is 2.17. The molecule has 18 heavy (non-hydrogen) atoms. The molecule has 4 nitrogen and oxygen atoms in total. The van der Waals surface area contributed by atoms with Crippen molar-refractivity contribution in [3.05, 3.63) is 24.3 Å². The van der Waals surface area contributed by atoms with Crippen molar-refractivity contribution in [3.63, 3.8) is 0 Å². The molecule has 0 amide bonds. The standard InChI is InChI=1S/C14H24N4/c1-12(2)17-10-13-4-8-18(9-5-13)11-14-15-6-3-7-16-14/h3,6-7,12-13,17H,4-5,8-11H2,1-2H3. The van der Waals surface area contributed by atoms with Gasteiger partial charge in [0.05, 0.1) is 6.54 Å². The Labute approximate surface area is 110 Å². The first-order chi connectivity index (χ1) is 8.74. The van der Waals surface area contributed by atoms with Crippen LogP contribution < -0.4 is 5.32 Å². The number of aromatic nitrogens is 2. The van der Waals surface area contributed by atoms with Crippen molar-refractivity contribution in [1.29, 1.82) is 0 Å². The zero-order valence-electron chi connectivity index (χ0n) is 11.5. The van der Waals surface area contributed by atoms with Crippen LogP contribution in [0.2, 0.25) is 0 Å². The summed E-state index contributed by atoms with van der Waals surface area (Å²) in [6, 6.07) is 2.47. The van der Waals surface area contributed by atoms with E-state index in [0.29, 0.717) is 6.04 Å². The van der Waals surface area contributed by atoms with Gasteiger partial charge in [-0.1, -0.05) is 13.8 Å². The van der Waals surface area contributed by atoms with E-state index in [1.54, 1.807) is 0 Å². The van der Waals surface area contributed by atoms with Crippen LogP contribution in [-0.2, 0) is 6.54 Å². The molecule has 1 aliphatic heterocycles. The normalized spacial score (nSPS) is 18.4. The van der Waals surface area contributed by atoms with E-state index >= 15 is 0 Å². The summed E-state index contributed by atoms with van der Waals surface area (Å²) in [5, 5.41) is 3.54. The predicted octanol–water partition coefficient (Wildman–Crippen LogP) is 1.69. The lowest BCUT2D eigenvalue weighted by molar-refractivity contribution is 0.170. The van der Waals surface area contributed by atoms with Gasteiger partial charge in [0.15, 0.2) is 0 Å². The first kappa shape index (κ1) is 13.4. The van der Waals surface area contributed by atoms with Gasteiger partial charge in [0.25, 0.3) is 0 Å². The van der Waals surface area contributed by atoms with Crippen molar-refractivity contribution >= 4 is 0 Å². The molecule has 100 valence electrons. The van der Waals surface area contributed by atoms with Gasteiger partial charge < -0.3 is 5.32 Å². The summed E-state index contributed by atoms with van der Waals surface area (Å²) in [5.41, 5.74) is 0. The summed E-state index contributed by atoms with van der Waals surface area (Å²) in [7, 11) is 0. The second-order valence-corrected chi connectivity index (χ2v) is 5.45. The molecule has 0 aromatic carbocycles. The fraction of sp³-hybridized carbons (Fsp3) is 0.714. The SMILES string of the molecule is CC(C)NCC1CCN(Cc2ncccn2)CC1. The zero-order valence-corrected chi connectivity index (χ0v) is 11.5. The Kier molecular flexibility index (Phi) is 5.08. The Morgan fingerprint density at radius 2 is 1.94 bits per heavy atom. The van der Waals surface area contributed by atoms with Crippen LogP contribution in [0.3, 0.4) is 0 Å². The molecule has 1 aromatic heterocycles. The van der Waals surface area contributed by atoms with Gasteiger partial charge in [-0.05, 0) is 44.5 Å². The fourth-order valence-electron chi connectivity index (χ4n) is 2.36. The average molecular weight is 248 g/mol. The van der Waals surface area contributed by atoms with Crippen LogP contribution in [0, 0.1) is 5.92 Å². The number of rotatable bonds is 5. The molecule has 0 aliphatic carbocycles. The average Bonchev–Trinajstić information content (AvgIpc) is 2.39. The highest BCUT2D eigenvalue weighted by molar-refractivity contribution is 4.89. The van der Waals surface area contributed by atoms with Crippen molar-refractivity contribution in [2.45, 2.75) is 39.3 Å². The predicted molar refractivity (Wildman–Crippen MR) is 73.2 cm³/mol. The quantitative estimate of drug-likeness (QED) is 0.861. The number of likely N-dealkylation sites (tertiary alicyclic amines) is 1. The van der Waals surface area contributed by atoms with Gasteiger partial charge in [-0.2, -0.15) is 0 Å². The summed E-state index contributed by atoms with van der Waals surface area (Å²) < 4.78 is 0. The molecular formula is C14H24N4. The minimum Gasteiger partial charge on any atom is -0.314 e. The van der Waals surface area contributed by atoms with Crippen LogP contribution in [0.5, 0.6) is 0 Å². The monoisotopic (exact) mass is 248 g/mol. The summed E-state index contributed by atoms with van der Waals surface area (Å²) >= 11 is 0. The summed E-state index contributed by atoms with van der Waals surface area (Å²) in [5.74, 6) is 1.77. The maximum Gasteiger partial charge on any atom is 0.142 e. The second-order valence-electron chi connectivity index (χ2n) is 5.45. The Morgan fingerprint density at radius 3 is 2.56 bits per heavy atom. The Balaban J connectivity index is 1.70. The van der Waals surface area contributed by atoms with Crippen molar-refractivity contribution in [3.8, 4) is 0 Å². The first-order valence-electron chi connectivity index (χ1n) is 6.95. The number of hydrogen-bond donors (Lipinski definition) is 1. The van der Waals surface area contributed by atoms with Gasteiger partial charge in [-0.15, -0.1) is 0 Å². The third-order valence-corrected chi connectivity index (χ3v) is 3.51. The molecule has 1 aromatic rings. The van der Waals surface area contributed by atoms with Crippen LogP contribution >= 0.6 is 0 Å². The zero-order chi connectivity index (χ0) is 12.8. The van der Waals surface area contributed by atoms with Crippen molar-refractivity contribution < 1.29 is 0 Å². The van der Waals surface area contributed by atoms with Gasteiger partial charge in [0.1, 0.15) is 5.82 Å². The van der Waals surface area contributed by atoms with Crippen LogP contribution in [0.25, 0.3) is 0 Å². The van der Waals surface area contributed by atoms with Crippen LogP contribution in [-0.4, -0.2) is 40.5 Å². The highest BCUT2D eigenvalue weighted by Gasteiger charge is 2.19. The number of hydrogen-bond acceptors (Lipinski definition) is 4. The van der Waals surface area contributed by atoms with E-state index in [0.717, 1.165) is 24.8 Å². The lowest BCUT2D eigenvalue weighted by Gasteiger charge is -2.31. The van der Waals surface area contributed by atoms with E-state index in [4.69, 9.17) is 0 Å². The van der Waals surface area contributed by atoms with Crippen LogP contribution in [0.4, 0.5) is 0 Å². The molecule has 0 radical (unpaired) electrons. The first-order valence-corrected chi connectivity index (χ1v) is 6.95. The summed E-state index contributed by atoms with van der Waals surface area (Å²) in [4.78, 5) is 11.0. The molecule has 0 saturated carbocycles. The Hall–Kier alpha value is -1.00. The van der Waals surface area contributed by atoms with E-state index in [-0.39, 0.29) is 0 Å². The second kappa shape index (κ2) is 6.81. The topological polar surface area (TPSA) is 41.0 Å². The smallest absolute Gasteiger partial charge is 0.142 e. The third kappa shape index (κ3) is 4.35. The molecule has 0 unspecified atom stereocenters. The molecule has 2 rings (SSSR count). The molecule has 1 saturated heterocycles. The molecule has 0 atom stereocenters. The minimum absolute atomic E-state index is 0.598. The van der Waals surface area contributed by atoms with Gasteiger partial charge in [0.2, 0.25) is 0 Å². The number of piperidine rings is 1.